The molecule has 28 heavy (non-hydrogen) atoms. The molecule has 0 N–H and O–H groups in total. The second-order valence-corrected chi connectivity index (χ2v) is 6.63. The summed E-state index contributed by atoms with van der Waals surface area (Å²) in [5.74, 6) is 0.583. The van der Waals surface area contributed by atoms with E-state index in [0.29, 0.717) is 29.3 Å². The van der Waals surface area contributed by atoms with Crippen molar-refractivity contribution in [2.75, 3.05) is 13.7 Å². The monoisotopic (exact) mass is 381 g/mol. The lowest BCUT2D eigenvalue weighted by molar-refractivity contribution is -0.134. The molecule has 7 nitrogen and oxygen atoms in total. The summed E-state index contributed by atoms with van der Waals surface area (Å²) in [6, 6.07) is 13.2. The van der Waals surface area contributed by atoms with Gasteiger partial charge in [-0.25, -0.2) is 9.48 Å². The number of amides is 1. The third-order valence-corrected chi connectivity index (χ3v) is 4.44. The maximum Gasteiger partial charge on any atom is 0.342 e. The Morgan fingerprint density at radius 1 is 1.11 bits per heavy atom. The number of rotatable bonds is 6. The van der Waals surface area contributed by atoms with Crippen molar-refractivity contribution in [2.24, 2.45) is 0 Å². The van der Waals surface area contributed by atoms with Gasteiger partial charge >= 0.3 is 5.97 Å². The number of likely N-dealkylation sites (N-methyl/N-ethyl adjacent to an activating group) is 1. The highest BCUT2D eigenvalue weighted by Gasteiger charge is 2.22. The first kappa shape index (κ1) is 19.4. The van der Waals surface area contributed by atoms with Gasteiger partial charge in [-0.1, -0.05) is 18.2 Å². The fourth-order valence-electron chi connectivity index (χ4n) is 2.96. The highest BCUT2D eigenvalue weighted by atomic mass is 16.5. The van der Waals surface area contributed by atoms with Crippen LogP contribution in [0.3, 0.4) is 0 Å². The molecule has 2 aromatic heterocycles. The first-order chi connectivity index (χ1) is 13.4. The molecular formula is C21H23N3O4. The molecule has 0 spiro atoms. The van der Waals surface area contributed by atoms with Gasteiger partial charge in [-0.15, -0.1) is 0 Å². The molecular weight excluding hydrogens is 358 g/mol. The number of carbonyl (C=O) groups excluding carboxylic acids is 2. The number of aryl methyl sites for hydroxylation is 2. The van der Waals surface area contributed by atoms with Gasteiger partial charge in [0.1, 0.15) is 17.1 Å². The molecule has 0 radical (unpaired) electrons. The lowest BCUT2D eigenvalue weighted by atomic mass is 10.2. The zero-order chi connectivity index (χ0) is 20.3. The Bertz CT molecular complexity index is 989. The third kappa shape index (κ3) is 4.14. The molecule has 1 amide bonds. The van der Waals surface area contributed by atoms with Gasteiger partial charge in [0.2, 0.25) is 0 Å². The van der Waals surface area contributed by atoms with Crippen molar-refractivity contribution < 1.29 is 18.7 Å². The van der Waals surface area contributed by atoms with Crippen LogP contribution in [0, 0.1) is 20.8 Å². The van der Waals surface area contributed by atoms with E-state index in [9.17, 15) is 9.59 Å². The van der Waals surface area contributed by atoms with Gasteiger partial charge in [0.05, 0.1) is 23.6 Å². The second-order valence-electron chi connectivity index (χ2n) is 6.63. The van der Waals surface area contributed by atoms with Crippen LogP contribution >= 0.6 is 0 Å². The molecule has 3 rings (SSSR count). The zero-order valence-corrected chi connectivity index (χ0v) is 16.4. The van der Waals surface area contributed by atoms with Gasteiger partial charge in [-0.2, -0.15) is 5.10 Å². The molecule has 0 fully saturated rings. The van der Waals surface area contributed by atoms with Crippen molar-refractivity contribution in [1.29, 1.82) is 0 Å². The van der Waals surface area contributed by atoms with Crippen LogP contribution in [-0.4, -0.2) is 40.2 Å². The summed E-state index contributed by atoms with van der Waals surface area (Å²) >= 11 is 0. The molecule has 0 atom stereocenters. The number of hydrogen-bond acceptors (Lipinski definition) is 5. The Balaban J connectivity index is 1.65. The number of ether oxygens (including phenoxy) is 1. The van der Waals surface area contributed by atoms with E-state index >= 15 is 0 Å². The molecule has 1 aromatic carbocycles. The van der Waals surface area contributed by atoms with Gasteiger partial charge < -0.3 is 14.1 Å². The van der Waals surface area contributed by atoms with Gasteiger partial charge in [0.25, 0.3) is 5.91 Å². The average Bonchev–Trinajstić information content (AvgIpc) is 3.22. The lowest BCUT2D eigenvalue weighted by Crippen LogP contribution is -2.30. The highest BCUT2D eigenvalue weighted by molar-refractivity contribution is 5.93. The van der Waals surface area contributed by atoms with Gasteiger partial charge in [0.15, 0.2) is 6.61 Å². The summed E-state index contributed by atoms with van der Waals surface area (Å²) in [4.78, 5) is 26.3. The Morgan fingerprint density at radius 3 is 2.46 bits per heavy atom. The molecule has 3 aromatic rings. The summed E-state index contributed by atoms with van der Waals surface area (Å²) in [6.45, 7) is 5.36. The minimum atomic E-state index is -0.562. The zero-order valence-electron chi connectivity index (χ0n) is 16.4. The molecule has 0 aliphatic heterocycles. The van der Waals surface area contributed by atoms with Crippen molar-refractivity contribution in [3.05, 3.63) is 70.9 Å². The van der Waals surface area contributed by atoms with Crippen LogP contribution in [0.25, 0.3) is 5.69 Å². The van der Waals surface area contributed by atoms with E-state index < -0.39 is 5.97 Å². The molecule has 0 aliphatic rings. The van der Waals surface area contributed by atoms with Crippen LogP contribution in [0.5, 0.6) is 0 Å². The number of carbonyl (C=O) groups is 2. The number of furan rings is 1. The number of hydrogen-bond donors (Lipinski definition) is 0. The van der Waals surface area contributed by atoms with Gasteiger partial charge in [0, 0.05) is 7.05 Å². The predicted molar refractivity (Wildman–Crippen MR) is 103 cm³/mol. The van der Waals surface area contributed by atoms with Crippen LogP contribution in [0.15, 0.2) is 46.9 Å². The van der Waals surface area contributed by atoms with Crippen LogP contribution in [0.1, 0.15) is 33.3 Å². The van der Waals surface area contributed by atoms with E-state index in [-0.39, 0.29) is 12.5 Å². The highest BCUT2D eigenvalue weighted by Crippen LogP contribution is 2.19. The second kappa shape index (κ2) is 8.12. The largest absolute Gasteiger partial charge is 0.464 e. The van der Waals surface area contributed by atoms with E-state index in [1.54, 1.807) is 25.6 Å². The fraction of sp³-hybridized carbons (Fsp3) is 0.286. The maximum absolute atomic E-state index is 12.6. The van der Waals surface area contributed by atoms with E-state index in [4.69, 9.17) is 9.15 Å². The first-order valence-corrected chi connectivity index (χ1v) is 8.95. The minimum absolute atomic E-state index is 0.312. The van der Waals surface area contributed by atoms with Crippen molar-refractivity contribution >= 4 is 11.9 Å². The Kier molecular flexibility index (Phi) is 5.63. The normalized spacial score (nSPS) is 10.7. The SMILES string of the molecule is Cc1ccc(CN(C)C(=O)COC(=O)c2c(C)nn(-c3ccccc3)c2C)o1. The van der Waals surface area contributed by atoms with Crippen molar-refractivity contribution in [3.8, 4) is 5.69 Å². The minimum Gasteiger partial charge on any atom is -0.464 e. The number of para-hydroxylation sites is 1. The topological polar surface area (TPSA) is 77.6 Å². The molecule has 0 aliphatic carbocycles. The molecule has 0 saturated carbocycles. The third-order valence-electron chi connectivity index (χ3n) is 4.44. The van der Waals surface area contributed by atoms with Crippen LogP contribution in [0.4, 0.5) is 0 Å². The van der Waals surface area contributed by atoms with E-state index in [1.165, 1.54) is 4.90 Å². The predicted octanol–water partition coefficient (Wildman–Crippen LogP) is 3.21. The summed E-state index contributed by atoms with van der Waals surface area (Å²) in [7, 11) is 1.64. The number of nitrogens with zero attached hydrogens (tertiary/aromatic N) is 3. The average molecular weight is 381 g/mol. The van der Waals surface area contributed by atoms with Crippen molar-refractivity contribution in [1.82, 2.24) is 14.7 Å². The number of esters is 1. The Hall–Kier alpha value is -3.35. The van der Waals surface area contributed by atoms with Crippen LogP contribution < -0.4 is 0 Å². The molecule has 2 heterocycles. The van der Waals surface area contributed by atoms with Gasteiger partial charge in [-0.05, 0) is 45.0 Å². The van der Waals surface area contributed by atoms with Crippen molar-refractivity contribution in [2.45, 2.75) is 27.3 Å². The molecule has 0 saturated heterocycles. The Labute approximate surface area is 163 Å². The maximum atomic E-state index is 12.6. The molecule has 7 heteroatoms. The summed E-state index contributed by atoms with van der Waals surface area (Å²) in [6.07, 6.45) is 0. The number of benzene rings is 1. The first-order valence-electron chi connectivity index (χ1n) is 8.95. The summed E-state index contributed by atoms with van der Waals surface area (Å²) < 4.78 is 12.4. The standard InChI is InChI=1S/C21H23N3O4/c1-14-10-11-18(28-14)12-23(4)19(25)13-27-21(26)20-15(2)22-24(16(20)3)17-8-6-5-7-9-17/h5-11H,12-13H2,1-4H3. The Morgan fingerprint density at radius 2 is 1.82 bits per heavy atom. The van der Waals surface area contributed by atoms with Gasteiger partial charge in [-0.3, -0.25) is 4.79 Å². The van der Waals surface area contributed by atoms with Crippen molar-refractivity contribution in [3.63, 3.8) is 0 Å². The van der Waals surface area contributed by atoms with E-state index in [0.717, 1.165) is 11.4 Å². The van der Waals surface area contributed by atoms with Crippen LogP contribution in [-0.2, 0) is 16.1 Å². The number of aromatic nitrogens is 2. The van der Waals surface area contributed by atoms with E-state index in [2.05, 4.69) is 5.10 Å². The molecule has 0 unspecified atom stereocenters. The molecule has 146 valence electrons. The smallest absolute Gasteiger partial charge is 0.342 e. The lowest BCUT2D eigenvalue weighted by Gasteiger charge is -2.15. The fourth-order valence-corrected chi connectivity index (χ4v) is 2.96. The summed E-state index contributed by atoms with van der Waals surface area (Å²) in [5.41, 5.74) is 2.45. The quantitative estimate of drug-likeness (QED) is 0.613. The van der Waals surface area contributed by atoms with Crippen LogP contribution in [0.2, 0.25) is 0 Å². The molecule has 0 bridgehead atoms. The van der Waals surface area contributed by atoms with E-state index in [1.807, 2.05) is 49.4 Å². The summed E-state index contributed by atoms with van der Waals surface area (Å²) in [5, 5.41) is 4.43.